The van der Waals surface area contributed by atoms with Gasteiger partial charge < -0.3 is 0 Å². The number of nitrogens with one attached hydrogen (secondary N) is 2. The van der Waals surface area contributed by atoms with E-state index in [0.29, 0.717) is 4.32 Å². The summed E-state index contributed by atoms with van der Waals surface area (Å²) in [5, 5.41) is 0. The lowest BCUT2D eigenvalue weighted by atomic mass is 10.4. The summed E-state index contributed by atoms with van der Waals surface area (Å²) >= 11 is 8.54. The molecular formula is C6H7N3S2. The number of thiocarbonyl (C=S) groups is 1. The van der Waals surface area contributed by atoms with Crippen LogP contribution < -0.4 is 10.9 Å². The number of thiol groups is 1. The Morgan fingerprint density at radius 3 is 2.64 bits per heavy atom. The first kappa shape index (κ1) is 8.29. The molecule has 58 valence electrons. The predicted molar refractivity (Wildman–Crippen MR) is 52.6 cm³/mol. The molecule has 0 aliphatic carbocycles. The third-order valence-electron chi connectivity index (χ3n) is 0.994. The predicted octanol–water partition coefficient (Wildman–Crippen LogP) is 1.21. The maximum absolute atomic E-state index is 4.67. The lowest BCUT2D eigenvalue weighted by Gasteiger charge is -2.05. The van der Waals surface area contributed by atoms with E-state index in [-0.39, 0.29) is 0 Å². The van der Waals surface area contributed by atoms with Gasteiger partial charge in [0.25, 0.3) is 0 Å². The summed E-state index contributed by atoms with van der Waals surface area (Å²) < 4.78 is 0.404. The van der Waals surface area contributed by atoms with Crippen LogP contribution in [0.15, 0.2) is 24.5 Å². The molecule has 0 aromatic carbocycles. The minimum atomic E-state index is 0.404. The van der Waals surface area contributed by atoms with Crippen molar-refractivity contribution < 1.29 is 0 Å². The number of rotatable bonds is 2. The summed E-state index contributed by atoms with van der Waals surface area (Å²) in [4.78, 5) is 3.85. The van der Waals surface area contributed by atoms with Crippen LogP contribution in [0.4, 0.5) is 5.69 Å². The molecule has 0 amide bonds. The fourth-order valence-corrected chi connectivity index (χ4v) is 0.668. The lowest BCUT2D eigenvalue weighted by Crippen LogP contribution is -2.23. The molecule has 0 fully saturated rings. The zero-order chi connectivity index (χ0) is 8.10. The Bertz CT molecular complexity index is 237. The van der Waals surface area contributed by atoms with Crippen molar-refractivity contribution in [1.82, 2.24) is 10.4 Å². The molecule has 0 unspecified atom stereocenters. The van der Waals surface area contributed by atoms with Gasteiger partial charge in [-0.25, -0.2) is 0 Å². The van der Waals surface area contributed by atoms with Gasteiger partial charge in [-0.15, -0.1) is 12.6 Å². The summed E-state index contributed by atoms with van der Waals surface area (Å²) in [5.74, 6) is 0. The number of anilines is 1. The van der Waals surface area contributed by atoms with Crippen molar-refractivity contribution in [2.24, 2.45) is 0 Å². The van der Waals surface area contributed by atoms with E-state index in [0.717, 1.165) is 5.69 Å². The number of hydrogen-bond acceptors (Lipinski definition) is 3. The molecule has 5 heteroatoms. The van der Waals surface area contributed by atoms with Gasteiger partial charge in [0.05, 0.1) is 5.69 Å². The fourth-order valence-electron chi connectivity index (χ4n) is 0.561. The van der Waals surface area contributed by atoms with Crippen molar-refractivity contribution in [3.05, 3.63) is 24.5 Å². The Kier molecular flexibility index (Phi) is 3.13. The van der Waals surface area contributed by atoms with Crippen molar-refractivity contribution in [3.63, 3.8) is 0 Å². The summed E-state index contributed by atoms with van der Waals surface area (Å²) in [7, 11) is 0. The molecule has 1 aromatic rings. The van der Waals surface area contributed by atoms with E-state index in [1.54, 1.807) is 12.4 Å². The van der Waals surface area contributed by atoms with Crippen LogP contribution in [0.1, 0.15) is 0 Å². The van der Waals surface area contributed by atoms with Crippen LogP contribution in [-0.4, -0.2) is 9.30 Å². The first-order chi connectivity index (χ1) is 5.29. The monoisotopic (exact) mass is 185 g/mol. The third kappa shape index (κ3) is 3.20. The van der Waals surface area contributed by atoms with Crippen LogP contribution in [0.25, 0.3) is 0 Å². The van der Waals surface area contributed by atoms with E-state index >= 15 is 0 Å². The Morgan fingerprint density at radius 2 is 2.09 bits per heavy atom. The molecule has 0 saturated carbocycles. The molecule has 0 aliphatic rings. The van der Waals surface area contributed by atoms with E-state index in [4.69, 9.17) is 0 Å². The van der Waals surface area contributed by atoms with Gasteiger partial charge in [-0.1, -0.05) is 12.2 Å². The van der Waals surface area contributed by atoms with Crippen LogP contribution >= 0.6 is 24.8 Å². The van der Waals surface area contributed by atoms with Gasteiger partial charge in [-0.05, 0) is 12.1 Å². The van der Waals surface area contributed by atoms with Crippen molar-refractivity contribution >= 4 is 34.9 Å². The second-order valence-corrected chi connectivity index (χ2v) is 2.95. The minimum Gasteiger partial charge on any atom is -0.300 e. The Balaban J connectivity index is 2.45. The maximum Gasteiger partial charge on any atom is 0.149 e. The van der Waals surface area contributed by atoms with Crippen molar-refractivity contribution in [2.75, 3.05) is 5.43 Å². The van der Waals surface area contributed by atoms with Crippen LogP contribution in [0.3, 0.4) is 0 Å². The van der Waals surface area contributed by atoms with E-state index in [1.807, 2.05) is 12.1 Å². The van der Waals surface area contributed by atoms with Crippen LogP contribution in [0, 0.1) is 0 Å². The first-order valence-electron chi connectivity index (χ1n) is 2.94. The van der Waals surface area contributed by atoms with Crippen LogP contribution in [-0.2, 0) is 0 Å². The molecule has 3 nitrogen and oxygen atoms in total. The normalized spacial score (nSPS) is 8.82. The molecule has 0 aliphatic heterocycles. The van der Waals surface area contributed by atoms with Gasteiger partial charge in [0.1, 0.15) is 4.32 Å². The maximum atomic E-state index is 4.67. The SMILES string of the molecule is S=C(S)NNc1ccncc1. The molecule has 2 N–H and O–H groups in total. The topological polar surface area (TPSA) is 37.0 Å². The van der Waals surface area contributed by atoms with E-state index in [2.05, 4.69) is 40.7 Å². The third-order valence-corrected chi connectivity index (χ3v) is 1.21. The summed E-state index contributed by atoms with van der Waals surface area (Å²) in [6, 6.07) is 3.64. The number of pyridine rings is 1. The zero-order valence-electron chi connectivity index (χ0n) is 5.61. The highest BCUT2D eigenvalue weighted by atomic mass is 32.1. The standard InChI is InChI=1S/C6H7N3S2/c10-6(11)9-8-5-1-3-7-4-2-5/h1-4H,(H,7,8)(H2,9,10,11). The molecule has 1 rings (SSSR count). The second-order valence-electron chi connectivity index (χ2n) is 1.79. The molecule has 0 radical (unpaired) electrons. The van der Waals surface area contributed by atoms with Gasteiger partial charge in [-0.3, -0.25) is 15.8 Å². The highest BCUT2D eigenvalue weighted by Gasteiger charge is 1.87. The van der Waals surface area contributed by atoms with Gasteiger partial charge in [-0.2, -0.15) is 0 Å². The highest BCUT2D eigenvalue weighted by molar-refractivity contribution is 8.11. The van der Waals surface area contributed by atoms with Gasteiger partial charge >= 0.3 is 0 Å². The van der Waals surface area contributed by atoms with E-state index < -0.39 is 0 Å². The molecule has 1 heterocycles. The Labute approximate surface area is 75.6 Å². The average Bonchev–Trinajstić information content (AvgIpc) is 2.03. The molecule has 0 bridgehead atoms. The number of hydrazine groups is 1. The second kappa shape index (κ2) is 4.15. The number of aromatic nitrogens is 1. The van der Waals surface area contributed by atoms with Crippen molar-refractivity contribution in [3.8, 4) is 0 Å². The Morgan fingerprint density at radius 1 is 1.45 bits per heavy atom. The Hall–Kier alpha value is -0.810. The number of nitrogens with zero attached hydrogens (tertiary/aromatic N) is 1. The molecule has 0 spiro atoms. The van der Waals surface area contributed by atoms with Gasteiger partial charge in [0.2, 0.25) is 0 Å². The molecule has 0 saturated heterocycles. The van der Waals surface area contributed by atoms with Crippen molar-refractivity contribution in [2.45, 2.75) is 0 Å². The van der Waals surface area contributed by atoms with Crippen LogP contribution in [0.2, 0.25) is 0 Å². The summed E-state index contributed by atoms with van der Waals surface area (Å²) in [6.07, 6.45) is 3.37. The quantitative estimate of drug-likeness (QED) is 0.368. The zero-order valence-corrected chi connectivity index (χ0v) is 7.32. The van der Waals surface area contributed by atoms with Gasteiger partial charge in [0.15, 0.2) is 0 Å². The molecule has 1 aromatic heterocycles. The highest BCUT2D eigenvalue weighted by Crippen LogP contribution is 2.00. The smallest absolute Gasteiger partial charge is 0.149 e. The van der Waals surface area contributed by atoms with Crippen LogP contribution in [0.5, 0.6) is 0 Å². The van der Waals surface area contributed by atoms with Crippen molar-refractivity contribution in [1.29, 1.82) is 0 Å². The fraction of sp³-hybridized carbons (Fsp3) is 0. The lowest BCUT2D eigenvalue weighted by molar-refractivity contribution is 1.16. The molecule has 11 heavy (non-hydrogen) atoms. The molecule has 0 atom stereocenters. The van der Waals surface area contributed by atoms with E-state index in [1.165, 1.54) is 0 Å². The number of hydrogen-bond donors (Lipinski definition) is 3. The van der Waals surface area contributed by atoms with Gasteiger partial charge in [0, 0.05) is 12.4 Å². The first-order valence-corrected chi connectivity index (χ1v) is 3.79. The largest absolute Gasteiger partial charge is 0.300 e. The minimum absolute atomic E-state index is 0.404. The molecular weight excluding hydrogens is 178 g/mol. The van der Waals surface area contributed by atoms with E-state index in [9.17, 15) is 0 Å². The summed E-state index contributed by atoms with van der Waals surface area (Å²) in [6.45, 7) is 0. The average molecular weight is 185 g/mol. The summed E-state index contributed by atoms with van der Waals surface area (Å²) in [5.41, 5.74) is 6.42.